The summed E-state index contributed by atoms with van der Waals surface area (Å²) in [7, 11) is 0. The number of nitriles is 1. The number of hydrogen-bond donors (Lipinski definition) is 1. The van der Waals surface area contributed by atoms with Crippen molar-refractivity contribution in [2.75, 3.05) is 39.6 Å². The maximum atomic E-state index is 12.5. The Morgan fingerprint density at radius 3 is 1.90 bits per heavy atom. The molecule has 0 fully saturated rings. The van der Waals surface area contributed by atoms with Crippen LogP contribution in [-0.4, -0.2) is 73.8 Å². The molecule has 1 aromatic carbocycles. The molecule has 3 amide bonds. The molecule has 0 spiro atoms. The second-order valence-corrected chi connectivity index (χ2v) is 11.0. The molecular formula is C29H45N3O8. The van der Waals surface area contributed by atoms with Crippen molar-refractivity contribution >= 4 is 18.1 Å². The van der Waals surface area contributed by atoms with Crippen LogP contribution in [0, 0.1) is 11.3 Å². The van der Waals surface area contributed by atoms with Gasteiger partial charge in [0, 0.05) is 0 Å². The third-order valence-corrected chi connectivity index (χ3v) is 4.99. The Balaban J connectivity index is 2.37. The lowest BCUT2D eigenvalue weighted by molar-refractivity contribution is -0.120. The van der Waals surface area contributed by atoms with Gasteiger partial charge >= 0.3 is 12.2 Å². The average Bonchev–Trinajstić information content (AvgIpc) is 2.83. The first-order valence-corrected chi connectivity index (χ1v) is 13.5. The van der Waals surface area contributed by atoms with E-state index in [2.05, 4.69) is 5.32 Å². The summed E-state index contributed by atoms with van der Waals surface area (Å²) in [6, 6.07) is 9.17. The quantitative estimate of drug-likeness (QED) is 0.288. The molecule has 0 saturated heterocycles. The number of benzene rings is 1. The van der Waals surface area contributed by atoms with Crippen LogP contribution >= 0.6 is 0 Å². The Morgan fingerprint density at radius 2 is 1.40 bits per heavy atom. The van der Waals surface area contributed by atoms with Gasteiger partial charge in [-0.3, -0.25) is 4.79 Å². The summed E-state index contributed by atoms with van der Waals surface area (Å²) in [6.07, 6.45) is -0.0910. The predicted octanol–water partition coefficient (Wildman–Crippen LogP) is 5.14. The number of carbonyl (C=O) groups excluding carboxylic acids is 3. The van der Waals surface area contributed by atoms with Crippen molar-refractivity contribution in [3.05, 3.63) is 29.8 Å². The molecule has 1 unspecified atom stereocenters. The number of imide groups is 1. The third kappa shape index (κ3) is 15.3. The minimum Gasteiger partial charge on any atom is -0.491 e. The van der Waals surface area contributed by atoms with Gasteiger partial charge in [0.2, 0.25) is 5.91 Å². The minimum atomic E-state index is -0.795. The molecule has 0 aliphatic rings. The van der Waals surface area contributed by atoms with Crippen molar-refractivity contribution in [1.82, 2.24) is 10.2 Å². The van der Waals surface area contributed by atoms with Crippen molar-refractivity contribution in [3.8, 4) is 11.8 Å². The second kappa shape index (κ2) is 17.4. The highest BCUT2D eigenvalue weighted by Gasteiger charge is 2.30. The van der Waals surface area contributed by atoms with E-state index in [-0.39, 0.29) is 38.1 Å². The van der Waals surface area contributed by atoms with Crippen molar-refractivity contribution in [3.63, 3.8) is 0 Å². The molecule has 1 rings (SSSR count). The van der Waals surface area contributed by atoms with E-state index in [0.717, 1.165) is 23.3 Å². The highest BCUT2D eigenvalue weighted by atomic mass is 16.6. The Kier molecular flexibility index (Phi) is 15.0. The van der Waals surface area contributed by atoms with Crippen LogP contribution in [0.3, 0.4) is 0 Å². The van der Waals surface area contributed by atoms with E-state index in [9.17, 15) is 14.4 Å². The topological polar surface area (TPSA) is 136 Å². The standard InChI is InChI=1S/C29H45N3O8/c1-8-9-24(31-25(33)14-15-30)22-10-12-23(13-11-22)38-21-20-37-19-18-36-17-16-32(26(34)39-28(2,3)4)27(35)40-29(5,6)7/h10-13,24H,8-9,14,16-21H2,1-7H3,(H,31,33). The van der Waals surface area contributed by atoms with Crippen LogP contribution in [0.25, 0.3) is 0 Å². The summed E-state index contributed by atoms with van der Waals surface area (Å²) < 4.78 is 27.4. The number of nitrogens with zero attached hydrogens (tertiary/aromatic N) is 2. The molecule has 40 heavy (non-hydrogen) atoms. The van der Waals surface area contributed by atoms with E-state index in [1.54, 1.807) is 41.5 Å². The maximum absolute atomic E-state index is 12.5. The molecule has 0 radical (unpaired) electrons. The second-order valence-electron chi connectivity index (χ2n) is 11.0. The lowest BCUT2D eigenvalue weighted by Crippen LogP contribution is -2.45. The van der Waals surface area contributed by atoms with Gasteiger partial charge in [0.25, 0.3) is 0 Å². The lowest BCUT2D eigenvalue weighted by atomic mass is 10.0. The zero-order chi connectivity index (χ0) is 30.2. The maximum Gasteiger partial charge on any atom is 0.419 e. The summed E-state index contributed by atoms with van der Waals surface area (Å²) in [5.41, 5.74) is -0.570. The van der Waals surface area contributed by atoms with Gasteiger partial charge in [-0.05, 0) is 65.7 Å². The van der Waals surface area contributed by atoms with E-state index in [1.807, 2.05) is 37.3 Å². The van der Waals surface area contributed by atoms with Crippen LogP contribution < -0.4 is 10.1 Å². The molecule has 0 heterocycles. The fraction of sp³-hybridized carbons (Fsp3) is 0.655. The number of rotatable bonds is 15. The first kappa shape index (κ1) is 34.7. The van der Waals surface area contributed by atoms with Gasteiger partial charge in [0.1, 0.15) is 30.0 Å². The summed E-state index contributed by atoms with van der Waals surface area (Å²) >= 11 is 0. The highest BCUT2D eigenvalue weighted by molar-refractivity contribution is 5.88. The normalized spacial score (nSPS) is 12.2. The molecular weight excluding hydrogens is 518 g/mol. The first-order chi connectivity index (χ1) is 18.8. The molecule has 0 bridgehead atoms. The summed E-state index contributed by atoms with van der Waals surface area (Å²) in [6.45, 7) is 13.7. The molecule has 0 aliphatic carbocycles. The Morgan fingerprint density at radius 1 is 0.875 bits per heavy atom. The van der Waals surface area contributed by atoms with Crippen LogP contribution in [0.5, 0.6) is 5.75 Å². The molecule has 1 aromatic rings. The largest absolute Gasteiger partial charge is 0.491 e. The zero-order valence-electron chi connectivity index (χ0n) is 24.9. The number of hydrogen-bond acceptors (Lipinski definition) is 9. The third-order valence-electron chi connectivity index (χ3n) is 4.99. The van der Waals surface area contributed by atoms with Gasteiger partial charge in [-0.25, -0.2) is 14.5 Å². The first-order valence-electron chi connectivity index (χ1n) is 13.5. The molecule has 0 aromatic heterocycles. The summed E-state index contributed by atoms with van der Waals surface area (Å²) in [5.74, 6) is 0.386. The Bertz CT molecular complexity index is 933. The van der Waals surface area contributed by atoms with E-state index >= 15 is 0 Å². The lowest BCUT2D eigenvalue weighted by Gasteiger charge is -2.28. The summed E-state index contributed by atoms with van der Waals surface area (Å²) in [5, 5.41) is 11.6. The van der Waals surface area contributed by atoms with Crippen LogP contribution in [-0.2, 0) is 23.7 Å². The monoisotopic (exact) mass is 563 g/mol. The van der Waals surface area contributed by atoms with Gasteiger partial charge in [-0.1, -0.05) is 25.5 Å². The zero-order valence-corrected chi connectivity index (χ0v) is 24.9. The fourth-order valence-electron chi connectivity index (χ4n) is 3.31. The van der Waals surface area contributed by atoms with Gasteiger partial charge < -0.3 is 29.0 Å². The van der Waals surface area contributed by atoms with E-state index in [1.165, 1.54) is 0 Å². The molecule has 1 atom stereocenters. The molecule has 0 saturated carbocycles. The van der Waals surface area contributed by atoms with Gasteiger partial charge in [-0.2, -0.15) is 5.26 Å². The smallest absolute Gasteiger partial charge is 0.419 e. The van der Waals surface area contributed by atoms with Crippen molar-refractivity contribution in [1.29, 1.82) is 5.26 Å². The van der Waals surface area contributed by atoms with Crippen LogP contribution in [0.1, 0.15) is 79.3 Å². The van der Waals surface area contributed by atoms with E-state index < -0.39 is 23.4 Å². The van der Waals surface area contributed by atoms with E-state index in [0.29, 0.717) is 25.6 Å². The van der Waals surface area contributed by atoms with Gasteiger partial charge in [-0.15, -0.1) is 0 Å². The van der Waals surface area contributed by atoms with E-state index in [4.69, 9.17) is 28.9 Å². The number of amides is 3. The average molecular weight is 564 g/mol. The number of carbonyl (C=O) groups is 3. The molecule has 224 valence electrons. The molecule has 11 nitrogen and oxygen atoms in total. The predicted molar refractivity (Wildman–Crippen MR) is 149 cm³/mol. The van der Waals surface area contributed by atoms with Gasteiger partial charge in [0.05, 0.1) is 45.1 Å². The Hall–Kier alpha value is -3.36. The van der Waals surface area contributed by atoms with Crippen molar-refractivity contribution < 1.29 is 38.1 Å². The molecule has 11 heteroatoms. The molecule has 0 aliphatic heterocycles. The minimum absolute atomic E-state index is 0.0238. The number of ether oxygens (including phenoxy) is 5. The van der Waals surface area contributed by atoms with Gasteiger partial charge in [0.15, 0.2) is 0 Å². The van der Waals surface area contributed by atoms with Crippen molar-refractivity contribution in [2.45, 2.75) is 85.0 Å². The number of nitrogens with one attached hydrogen (secondary N) is 1. The SMILES string of the molecule is CCCC(NC(=O)CC#N)c1ccc(OCCOCCOCCN(C(=O)OC(C)(C)C)C(=O)OC(C)(C)C)cc1. The summed E-state index contributed by atoms with van der Waals surface area (Å²) in [4.78, 5) is 37.6. The fourth-order valence-corrected chi connectivity index (χ4v) is 3.31. The molecule has 1 N–H and O–H groups in total. The van der Waals surface area contributed by atoms with Crippen LogP contribution in [0.15, 0.2) is 24.3 Å². The highest BCUT2D eigenvalue weighted by Crippen LogP contribution is 2.22. The van der Waals surface area contributed by atoms with Crippen molar-refractivity contribution in [2.24, 2.45) is 0 Å². The van der Waals surface area contributed by atoms with Crippen LogP contribution in [0.2, 0.25) is 0 Å². The Labute approximate surface area is 238 Å². The van der Waals surface area contributed by atoms with Crippen LogP contribution in [0.4, 0.5) is 9.59 Å².